The molecule has 1 N–H and O–H groups in total. The fraction of sp³-hybridized carbons (Fsp3) is 0.167. The van der Waals surface area contributed by atoms with Gasteiger partial charge in [-0.05, 0) is 72.1 Å². The second kappa shape index (κ2) is 12.1. The number of benzene rings is 2. The van der Waals surface area contributed by atoms with E-state index in [0.29, 0.717) is 49.6 Å². The lowest BCUT2D eigenvalue weighted by molar-refractivity contribution is 0.0953. The van der Waals surface area contributed by atoms with E-state index in [1.165, 1.54) is 34.5 Å². The van der Waals surface area contributed by atoms with Crippen molar-refractivity contribution in [2.45, 2.75) is 13.8 Å². The molecule has 0 saturated heterocycles. The minimum absolute atomic E-state index is 0.176. The summed E-state index contributed by atoms with van der Waals surface area (Å²) < 4.78 is 12.9. The number of carbonyl (C=O) groups is 2. The van der Waals surface area contributed by atoms with Crippen LogP contribution in [0, 0.1) is 13.8 Å². The Morgan fingerprint density at radius 1 is 1.00 bits per heavy atom. The van der Waals surface area contributed by atoms with Crippen LogP contribution in [0.25, 0.3) is 23.1 Å². The lowest BCUT2D eigenvalue weighted by Crippen LogP contribution is -2.14. The maximum atomic E-state index is 13.4. The van der Waals surface area contributed by atoms with Gasteiger partial charge in [-0.2, -0.15) is 9.78 Å². The number of hydrogen-bond donors (Lipinski definition) is 1. The summed E-state index contributed by atoms with van der Waals surface area (Å²) in [4.78, 5) is 27.8. The lowest BCUT2D eigenvalue weighted by atomic mass is 10.1. The first-order valence-electron chi connectivity index (χ1n) is 12.4. The zero-order valence-electron chi connectivity index (χ0n) is 22.1. The molecule has 1 amide bonds. The van der Waals surface area contributed by atoms with Gasteiger partial charge < -0.3 is 14.8 Å². The van der Waals surface area contributed by atoms with E-state index in [2.05, 4.69) is 10.4 Å². The van der Waals surface area contributed by atoms with E-state index in [1.807, 2.05) is 79.2 Å². The van der Waals surface area contributed by atoms with Gasteiger partial charge in [0.15, 0.2) is 11.5 Å². The Kier molecular flexibility index (Phi) is 8.35. The third kappa shape index (κ3) is 5.40. The third-order valence-electron chi connectivity index (χ3n) is 6.28. The number of fused-ring (bicyclic) bond motifs is 1. The predicted molar refractivity (Wildman–Crippen MR) is 164 cm³/mol. The molecule has 204 valence electrons. The fourth-order valence-electron chi connectivity index (χ4n) is 4.31. The number of nitrogens with one attached hydrogen (secondary N) is 1. The largest absolute Gasteiger partial charge is 0.491 e. The van der Waals surface area contributed by atoms with Crippen molar-refractivity contribution in [2.75, 3.05) is 24.9 Å². The first-order chi connectivity index (χ1) is 19.4. The Labute approximate surface area is 244 Å². The van der Waals surface area contributed by atoms with Gasteiger partial charge in [0.2, 0.25) is 0 Å². The van der Waals surface area contributed by atoms with Gasteiger partial charge in [-0.1, -0.05) is 24.3 Å². The summed E-state index contributed by atoms with van der Waals surface area (Å²) in [6, 6.07) is 15.0. The number of ether oxygens (including phenoxy) is 2. The van der Waals surface area contributed by atoms with Gasteiger partial charge in [-0.15, -0.1) is 34.3 Å². The van der Waals surface area contributed by atoms with Crippen molar-refractivity contribution >= 4 is 74.8 Å². The van der Waals surface area contributed by atoms with Crippen molar-refractivity contribution < 1.29 is 19.1 Å². The van der Waals surface area contributed by atoms with Gasteiger partial charge in [0.05, 0.1) is 39.6 Å². The number of aryl methyl sites for hydroxylation is 2. The number of methoxy groups -OCH3 is 1. The standard InChI is InChI=1S/C30H26ClN3O4S2/c1-18-12-16-39-27(18)29(35)32-25-20(9-11-24(26(25)37-3)38-15-14-31)8-10-22-21-6-4-5-7-23(21)34(33-22)30(36)28-19(2)13-17-40-28/h4-13,16-17H,14-15H2,1-3H3,(H,32,35). The molecule has 0 saturated carbocycles. The summed E-state index contributed by atoms with van der Waals surface area (Å²) in [5, 5.41) is 12.3. The Balaban J connectivity index is 1.57. The van der Waals surface area contributed by atoms with Crippen molar-refractivity contribution in [3.63, 3.8) is 0 Å². The Bertz CT molecular complexity index is 1730. The highest BCUT2D eigenvalue weighted by Crippen LogP contribution is 2.40. The van der Waals surface area contributed by atoms with E-state index in [4.69, 9.17) is 21.1 Å². The molecule has 3 heterocycles. The van der Waals surface area contributed by atoms with E-state index in [0.717, 1.165) is 16.5 Å². The molecule has 10 heteroatoms. The number of carbonyl (C=O) groups excluding carboxylic acids is 2. The molecule has 0 radical (unpaired) electrons. The summed E-state index contributed by atoms with van der Waals surface area (Å²) in [5.41, 5.74) is 4.26. The molecule has 3 aromatic heterocycles. The zero-order chi connectivity index (χ0) is 28.2. The Morgan fingerprint density at radius 3 is 2.40 bits per heavy atom. The van der Waals surface area contributed by atoms with Gasteiger partial charge >= 0.3 is 0 Å². The summed E-state index contributed by atoms with van der Waals surface area (Å²) >= 11 is 8.61. The molecule has 0 aliphatic rings. The molecule has 5 rings (SSSR count). The van der Waals surface area contributed by atoms with Crippen molar-refractivity contribution in [1.29, 1.82) is 0 Å². The van der Waals surface area contributed by atoms with Crippen LogP contribution in [-0.2, 0) is 0 Å². The highest BCUT2D eigenvalue weighted by Gasteiger charge is 2.21. The minimum atomic E-state index is -0.249. The molecule has 0 bridgehead atoms. The molecule has 2 aromatic carbocycles. The number of anilines is 1. The van der Waals surface area contributed by atoms with Crippen LogP contribution in [-0.4, -0.2) is 41.2 Å². The molecule has 0 aliphatic heterocycles. The lowest BCUT2D eigenvalue weighted by Gasteiger charge is -2.17. The maximum Gasteiger partial charge on any atom is 0.289 e. The van der Waals surface area contributed by atoms with Gasteiger partial charge in [-0.25, -0.2) is 0 Å². The number of amides is 1. The number of aromatic nitrogens is 2. The van der Waals surface area contributed by atoms with Crippen molar-refractivity contribution in [3.8, 4) is 11.5 Å². The number of halogens is 1. The number of para-hydroxylation sites is 1. The van der Waals surface area contributed by atoms with Crippen molar-refractivity contribution in [1.82, 2.24) is 9.78 Å². The first-order valence-corrected chi connectivity index (χ1v) is 14.7. The SMILES string of the molecule is COc1c(OCCCl)ccc(C=Cc2nn(C(=O)c3sccc3C)c3ccccc23)c1NC(=O)c1sccc1C. The van der Waals surface area contributed by atoms with E-state index in [1.54, 1.807) is 6.07 Å². The third-order valence-corrected chi connectivity index (χ3v) is 8.46. The van der Waals surface area contributed by atoms with Crippen LogP contribution in [0.4, 0.5) is 5.69 Å². The monoisotopic (exact) mass is 591 g/mol. The van der Waals surface area contributed by atoms with Gasteiger partial charge in [-0.3, -0.25) is 9.59 Å². The summed E-state index contributed by atoms with van der Waals surface area (Å²) in [7, 11) is 1.52. The van der Waals surface area contributed by atoms with Crippen LogP contribution < -0.4 is 14.8 Å². The van der Waals surface area contributed by atoms with Gasteiger partial charge in [0.1, 0.15) is 6.61 Å². The Hall–Kier alpha value is -3.92. The highest BCUT2D eigenvalue weighted by atomic mass is 35.5. The molecule has 40 heavy (non-hydrogen) atoms. The van der Waals surface area contributed by atoms with Crippen LogP contribution in [0.5, 0.6) is 11.5 Å². The number of hydrogen-bond acceptors (Lipinski definition) is 7. The molecular formula is C30H26ClN3O4S2. The van der Waals surface area contributed by atoms with E-state index < -0.39 is 0 Å². The number of alkyl halides is 1. The molecule has 0 unspecified atom stereocenters. The molecule has 0 spiro atoms. The Morgan fingerprint density at radius 2 is 1.73 bits per heavy atom. The maximum absolute atomic E-state index is 13.4. The number of rotatable bonds is 9. The summed E-state index contributed by atoms with van der Waals surface area (Å²) in [6.07, 6.45) is 3.66. The predicted octanol–water partition coefficient (Wildman–Crippen LogP) is 7.51. The smallest absolute Gasteiger partial charge is 0.289 e. The normalized spacial score (nSPS) is 11.3. The zero-order valence-corrected chi connectivity index (χ0v) is 24.5. The summed E-state index contributed by atoms with van der Waals surface area (Å²) in [5.74, 6) is 0.728. The van der Waals surface area contributed by atoms with Gasteiger partial charge in [0, 0.05) is 10.9 Å². The molecule has 5 aromatic rings. The molecular weight excluding hydrogens is 566 g/mol. The average molecular weight is 592 g/mol. The second-order valence-corrected chi connectivity index (χ2v) is 11.1. The van der Waals surface area contributed by atoms with Gasteiger partial charge in [0.25, 0.3) is 11.8 Å². The van der Waals surface area contributed by atoms with E-state index in [-0.39, 0.29) is 18.4 Å². The minimum Gasteiger partial charge on any atom is -0.491 e. The quantitative estimate of drug-likeness (QED) is 0.179. The summed E-state index contributed by atoms with van der Waals surface area (Å²) in [6.45, 7) is 4.09. The molecule has 0 atom stereocenters. The molecule has 0 fully saturated rings. The first kappa shape index (κ1) is 27.6. The van der Waals surface area contributed by atoms with E-state index in [9.17, 15) is 9.59 Å². The molecule has 7 nitrogen and oxygen atoms in total. The average Bonchev–Trinajstić information content (AvgIpc) is 3.69. The van der Waals surface area contributed by atoms with Crippen molar-refractivity contribution in [3.05, 3.63) is 91.4 Å². The molecule has 0 aliphatic carbocycles. The van der Waals surface area contributed by atoms with Crippen LogP contribution in [0.15, 0.2) is 59.3 Å². The number of nitrogens with zero attached hydrogens (tertiary/aromatic N) is 2. The fourth-order valence-corrected chi connectivity index (χ4v) is 6.06. The van der Waals surface area contributed by atoms with Crippen LogP contribution in [0.3, 0.4) is 0 Å². The van der Waals surface area contributed by atoms with Crippen LogP contribution >= 0.6 is 34.3 Å². The second-order valence-electron chi connectivity index (χ2n) is 8.87. The number of thiophene rings is 2. The van der Waals surface area contributed by atoms with Crippen LogP contribution in [0.1, 0.15) is 41.7 Å². The van der Waals surface area contributed by atoms with Crippen molar-refractivity contribution in [2.24, 2.45) is 0 Å². The van der Waals surface area contributed by atoms with Crippen LogP contribution in [0.2, 0.25) is 0 Å². The topological polar surface area (TPSA) is 82.4 Å². The highest BCUT2D eigenvalue weighted by molar-refractivity contribution is 7.12. The van der Waals surface area contributed by atoms with E-state index >= 15 is 0 Å².